The van der Waals surface area contributed by atoms with Crippen molar-refractivity contribution in [2.24, 2.45) is 0 Å². The monoisotopic (exact) mass is 335 g/mol. The highest BCUT2D eigenvalue weighted by Crippen LogP contribution is 2.28. The minimum absolute atomic E-state index is 0.0752. The van der Waals surface area contributed by atoms with Crippen LogP contribution in [0.2, 0.25) is 0 Å². The number of amides is 1. The van der Waals surface area contributed by atoms with E-state index in [2.05, 4.69) is 15.5 Å². The van der Waals surface area contributed by atoms with E-state index in [1.807, 2.05) is 0 Å². The molecular formula is C15H17N3O4S. The first kappa shape index (κ1) is 16.9. The number of aryl methyl sites for hydroxylation is 1. The smallest absolute Gasteiger partial charge is 0.226 e. The fourth-order valence-corrected chi connectivity index (χ4v) is 2.52. The number of carbonyl (C=O) groups excluding carboxylic acids is 2. The average Bonchev–Trinajstić information content (AvgIpc) is 2.96. The Morgan fingerprint density at radius 2 is 1.87 bits per heavy atom. The maximum Gasteiger partial charge on any atom is 0.226 e. The molecule has 0 aliphatic rings. The number of hydrogen-bond acceptors (Lipinski definition) is 7. The molecule has 2 rings (SSSR count). The van der Waals surface area contributed by atoms with Crippen molar-refractivity contribution in [2.75, 3.05) is 19.5 Å². The number of anilines is 1. The van der Waals surface area contributed by atoms with Gasteiger partial charge in [-0.25, -0.2) is 0 Å². The number of ether oxygens (including phenoxy) is 2. The van der Waals surface area contributed by atoms with Crippen molar-refractivity contribution in [3.63, 3.8) is 0 Å². The Morgan fingerprint density at radius 3 is 2.48 bits per heavy atom. The number of carbonyl (C=O) groups is 2. The Balaban J connectivity index is 1.92. The summed E-state index contributed by atoms with van der Waals surface area (Å²) in [5, 5.41) is 11.4. The molecule has 1 aromatic carbocycles. The number of rotatable bonds is 7. The Hall–Kier alpha value is -2.48. The lowest BCUT2D eigenvalue weighted by atomic mass is 10.1. The van der Waals surface area contributed by atoms with Gasteiger partial charge in [0.1, 0.15) is 5.01 Å². The van der Waals surface area contributed by atoms with Crippen LogP contribution < -0.4 is 14.8 Å². The van der Waals surface area contributed by atoms with Crippen molar-refractivity contribution in [1.29, 1.82) is 0 Å². The Morgan fingerprint density at radius 1 is 1.13 bits per heavy atom. The SMILES string of the molecule is COc1ccc(C(=O)CCC(=O)Nc2nnc(C)s2)cc1OC. The molecule has 23 heavy (non-hydrogen) atoms. The third-order valence-electron chi connectivity index (χ3n) is 3.06. The summed E-state index contributed by atoms with van der Waals surface area (Å²) in [6.45, 7) is 1.80. The van der Waals surface area contributed by atoms with Gasteiger partial charge in [-0.3, -0.25) is 9.59 Å². The van der Waals surface area contributed by atoms with E-state index in [1.54, 1.807) is 25.1 Å². The van der Waals surface area contributed by atoms with Gasteiger partial charge in [0.05, 0.1) is 14.2 Å². The van der Waals surface area contributed by atoms with Crippen LogP contribution in [0.5, 0.6) is 11.5 Å². The van der Waals surface area contributed by atoms with Gasteiger partial charge < -0.3 is 14.8 Å². The molecule has 0 saturated heterocycles. The lowest BCUT2D eigenvalue weighted by molar-refractivity contribution is -0.116. The highest BCUT2D eigenvalue weighted by Gasteiger charge is 2.13. The van der Waals surface area contributed by atoms with Crippen molar-refractivity contribution < 1.29 is 19.1 Å². The second-order valence-corrected chi connectivity index (χ2v) is 5.85. The first-order valence-electron chi connectivity index (χ1n) is 6.88. The maximum atomic E-state index is 12.2. The number of aromatic nitrogens is 2. The molecule has 8 heteroatoms. The van der Waals surface area contributed by atoms with E-state index in [1.165, 1.54) is 25.6 Å². The zero-order chi connectivity index (χ0) is 16.8. The average molecular weight is 335 g/mol. The van der Waals surface area contributed by atoms with Crippen LogP contribution in [0.1, 0.15) is 28.2 Å². The first-order chi connectivity index (χ1) is 11.0. The molecule has 1 amide bonds. The molecule has 0 aliphatic heterocycles. The summed E-state index contributed by atoms with van der Waals surface area (Å²) >= 11 is 1.29. The molecule has 2 aromatic rings. The highest BCUT2D eigenvalue weighted by molar-refractivity contribution is 7.15. The minimum atomic E-state index is -0.269. The molecule has 1 N–H and O–H groups in total. The quantitative estimate of drug-likeness (QED) is 0.782. The van der Waals surface area contributed by atoms with E-state index in [0.29, 0.717) is 22.2 Å². The fourth-order valence-electron chi connectivity index (χ4n) is 1.91. The molecule has 0 aliphatic carbocycles. The predicted molar refractivity (Wildman–Crippen MR) is 86.4 cm³/mol. The van der Waals surface area contributed by atoms with Crippen LogP contribution in [0.15, 0.2) is 18.2 Å². The Kier molecular flexibility index (Phi) is 5.64. The summed E-state index contributed by atoms with van der Waals surface area (Å²) in [7, 11) is 3.03. The summed E-state index contributed by atoms with van der Waals surface area (Å²) in [4.78, 5) is 24.0. The zero-order valence-electron chi connectivity index (χ0n) is 13.1. The number of ketones is 1. The second kappa shape index (κ2) is 7.68. The van der Waals surface area contributed by atoms with Crippen molar-refractivity contribution in [2.45, 2.75) is 19.8 Å². The Bertz CT molecular complexity index is 714. The van der Waals surface area contributed by atoms with E-state index < -0.39 is 0 Å². The van der Waals surface area contributed by atoms with E-state index in [9.17, 15) is 9.59 Å². The summed E-state index contributed by atoms with van der Waals surface area (Å²) in [6.07, 6.45) is 0.172. The molecule has 0 fully saturated rings. The van der Waals surface area contributed by atoms with Crippen LogP contribution in [0.3, 0.4) is 0 Å². The third-order valence-corrected chi connectivity index (χ3v) is 3.81. The highest BCUT2D eigenvalue weighted by atomic mass is 32.1. The first-order valence-corrected chi connectivity index (χ1v) is 7.70. The molecule has 1 aromatic heterocycles. The van der Waals surface area contributed by atoms with Gasteiger partial charge in [0.25, 0.3) is 0 Å². The van der Waals surface area contributed by atoms with E-state index >= 15 is 0 Å². The second-order valence-electron chi connectivity index (χ2n) is 4.67. The van der Waals surface area contributed by atoms with Gasteiger partial charge in [-0.2, -0.15) is 0 Å². The summed E-state index contributed by atoms with van der Waals surface area (Å²) < 4.78 is 10.3. The molecule has 1 heterocycles. The molecule has 0 saturated carbocycles. The molecule has 122 valence electrons. The van der Waals surface area contributed by atoms with Gasteiger partial charge >= 0.3 is 0 Å². The number of nitrogens with zero attached hydrogens (tertiary/aromatic N) is 2. The number of benzene rings is 1. The molecule has 0 spiro atoms. The normalized spacial score (nSPS) is 10.2. The van der Waals surface area contributed by atoms with Crippen LogP contribution in [0.4, 0.5) is 5.13 Å². The fraction of sp³-hybridized carbons (Fsp3) is 0.333. The number of methoxy groups -OCH3 is 2. The molecule has 0 radical (unpaired) electrons. The number of Topliss-reactive ketones (excluding diaryl/α,β-unsaturated/α-hetero) is 1. The lowest BCUT2D eigenvalue weighted by Crippen LogP contribution is -2.13. The van der Waals surface area contributed by atoms with Crippen molar-refractivity contribution in [3.8, 4) is 11.5 Å². The summed E-state index contributed by atoms with van der Waals surface area (Å²) in [6, 6.07) is 4.92. The van der Waals surface area contributed by atoms with Gasteiger partial charge in [-0.05, 0) is 25.1 Å². The van der Waals surface area contributed by atoms with Gasteiger partial charge in [0, 0.05) is 18.4 Å². The van der Waals surface area contributed by atoms with E-state index in [4.69, 9.17) is 9.47 Å². The summed E-state index contributed by atoms with van der Waals surface area (Å²) in [5.74, 6) is 0.616. The molecule has 0 atom stereocenters. The lowest BCUT2D eigenvalue weighted by Gasteiger charge is -2.09. The van der Waals surface area contributed by atoms with Gasteiger partial charge in [0.15, 0.2) is 17.3 Å². The standard InChI is InChI=1S/C15H17N3O4S/c1-9-17-18-15(23-9)16-14(20)7-5-11(19)10-4-6-12(21-2)13(8-10)22-3/h4,6,8H,5,7H2,1-3H3,(H,16,18,20). The maximum absolute atomic E-state index is 12.2. The minimum Gasteiger partial charge on any atom is -0.493 e. The van der Waals surface area contributed by atoms with Crippen molar-refractivity contribution in [1.82, 2.24) is 10.2 Å². The Labute approximate surface area is 137 Å². The zero-order valence-corrected chi connectivity index (χ0v) is 13.9. The molecular weight excluding hydrogens is 318 g/mol. The number of hydrogen-bond donors (Lipinski definition) is 1. The van der Waals surface area contributed by atoms with Gasteiger partial charge in [-0.1, -0.05) is 11.3 Å². The molecule has 0 bridgehead atoms. The van der Waals surface area contributed by atoms with E-state index in [-0.39, 0.29) is 24.5 Å². The number of nitrogens with one attached hydrogen (secondary N) is 1. The van der Waals surface area contributed by atoms with Crippen LogP contribution in [0.25, 0.3) is 0 Å². The topological polar surface area (TPSA) is 90.4 Å². The molecule has 0 unspecified atom stereocenters. The van der Waals surface area contributed by atoms with E-state index in [0.717, 1.165) is 5.01 Å². The predicted octanol–water partition coefficient (Wildman–Crippen LogP) is 2.47. The third kappa shape index (κ3) is 4.49. The van der Waals surface area contributed by atoms with Gasteiger partial charge in [0.2, 0.25) is 11.0 Å². The van der Waals surface area contributed by atoms with Gasteiger partial charge in [-0.15, -0.1) is 10.2 Å². The van der Waals surface area contributed by atoms with Crippen LogP contribution >= 0.6 is 11.3 Å². The van der Waals surface area contributed by atoms with Crippen molar-refractivity contribution >= 4 is 28.2 Å². The van der Waals surface area contributed by atoms with Crippen LogP contribution in [-0.4, -0.2) is 36.1 Å². The van der Waals surface area contributed by atoms with Crippen LogP contribution in [-0.2, 0) is 4.79 Å². The van der Waals surface area contributed by atoms with Crippen LogP contribution in [0, 0.1) is 6.92 Å². The largest absolute Gasteiger partial charge is 0.493 e. The molecule has 7 nitrogen and oxygen atoms in total. The van der Waals surface area contributed by atoms with Crippen molar-refractivity contribution in [3.05, 3.63) is 28.8 Å². The summed E-state index contributed by atoms with van der Waals surface area (Å²) in [5.41, 5.74) is 0.474.